The minimum absolute atomic E-state index is 0.329. The van der Waals surface area contributed by atoms with Crippen LogP contribution in [0.25, 0.3) is 0 Å². The van der Waals surface area contributed by atoms with Crippen molar-refractivity contribution in [3.05, 3.63) is 0 Å². The lowest BCUT2D eigenvalue weighted by molar-refractivity contribution is -0.129. The van der Waals surface area contributed by atoms with E-state index in [1.165, 1.54) is 0 Å². The second-order valence-electron chi connectivity index (χ2n) is 5.87. The van der Waals surface area contributed by atoms with E-state index in [9.17, 15) is 9.59 Å². The van der Waals surface area contributed by atoms with E-state index < -0.39 is 0 Å². The molecule has 0 N–H and O–H groups in total. The van der Waals surface area contributed by atoms with E-state index in [0.717, 1.165) is 71.0 Å². The minimum atomic E-state index is 0.329. The molecule has 2 aliphatic heterocycles. The van der Waals surface area contributed by atoms with Crippen LogP contribution in [-0.4, -0.2) is 47.3 Å². The molecule has 1 unspecified atom stereocenters. The number of carbonyl (C=O) groups is 2. The topological polar surface area (TPSA) is 40.6 Å². The number of amides is 2. The SMILES string of the molecule is CC(CCCCCN1CCCC1=O)N1CCCC1=O. The van der Waals surface area contributed by atoms with E-state index in [-0.39, 0.29) is 0 Å². The van der Waals surface area contributed by atoms with Gasteiger partial charge >= 0.3 is 0 Å². The first-order chi connectivity index (χ1) is 9.18. The van der Waals surface area contributed by atoms with Gasteiger partial charge in [0.25, 0.3) is 0 Å². The molecule has 0 aromatic heterocycles. The van der Waals surface area contributed by atoms with Crippen LogP contribution in [0.1, 0.15) is 58.3 Å². The maximum Gasteiger partial charge on any atom is 0.222 e. The highest BCUT2D eigenvalue weighted by molar-refractivity contribution is 5.78. The lowest BCUT2D eigenvalue weighted by Gasteiger charge is -2.24. The molecular weight excluding hydrogens is 240 g/mol. The summed E-state index contributed by atoms with van der Waals surface area (Å²) in [4.78, 5) is 27.1. The summed E-state index contributed by atoms with van der Waals surface area (Å²) in [5.41, 5.74) is 0. The monoisotopic (exact) mass is 266 g/mol. The quantitative estimate of drug-likeness (QED) is 0.663. The van der Waals surface area contributed by atoms with Crippen molar-refractivity contribution in [2.75, 3.05) is 19.6 Å². The standard InChI is InChI=1S/C15H26N2O2/c1-13(17-12-6-9-15(17)19)7-3-2-4-10-16-11-5-8-14(16)18/h13H,2-12H2,1H3. The molecule has 0 saturated carbocycles. The molecule has 0 aliphatic carbocycles. The van der Waals surface area contributed by atoms with Gasteiger partial charge in [-0.2, -0.15) is 0 Å². The van der Waals surface area contributed by atoms with Crippen LogP contribution in [0, 0.1) is 0 Å². The number of rotatable bonds is 7. The number of hydrogen-bond donors (Lipinski definition) is 0. The summed E-state index contributed by atoms with van der Waals surface area (Å²) in [5.74, 6) is 0.659. The fraction of sp³-hybridized carbons (Fsp3) is 0.867. The van der Waals surface area contributed by atoms with Gasteiger partial charge in [0.1, 0.15) is 0 Å². The molecule has 0 aromatic rings. The van der Waals surface area contributed by atoms with Gasteiger partial charge in [-0.05, 0) is 32.6 Å². The van der Waals surface area contributed by atoms with Gasteiger partial charge in [-0.3, -0.25) is 9.59 Å². The molecule has 0 bridgehead atoms. The van der Waals surface area contributed by atoms with Gasteiger partial charge in [-0.25, -0.2) is 0 Å². The van der Waals surface area contributed by atoms with E-state index >= 15 is 0 Å². The van der Waals surface area contributed by atoms with E-state index in [2.05, 4.69) is 6.92 Å². The second-order valence-corrected chi connectivity index (χ2v) is 5.87. The van der Waals surface area contributed by atoms with E-state index in [0.29, 0.717) is 17.9 Å². The maximum absolute atomic E-state index is 11.6. The van der Waals surface area contributed by atoms with Gasteiger partial charge in [0.05, 0.1) is 0 Å². The molecule has 2 rings (SSSR count). The van der Waals surface area contributed by atoms with Gasteiger partial charge in [0.2, 0.25) is 11.8 Å². The second kappa shape index (κ2) is 6.92. The molecule has 1 atom stereocenters. The summed E-state index contributed by atoms with van der Waals surface area (Å²) < 4.78 is 0. The molecule has 0 spiro atoms. The Morgan fingerprint density at radius 3 is 2.37 bits per heavy atom. The van der Waals surface area contributed by atoms with Gasteiger partial charge in [-0.15, -0.1) is 0 Å². The number of hydrogen-bond acceptors (Lipinski definition) is 2. The fourth-order valence-corrected chi connectivity index (χ4v) is 3.15. The number of unbranched alkanes of at least 4 members (excludes halogenated alkanes) is 2. The smallest absolute Gasteiger partial charge is 0.222 e. The Kier molecular flexibility index (Phi) is 5.23. The Labute approximate surface area is 116 Å². The van der Waals surface area contributed by atoms with Crippen LogP contribution in [0.4, 0.5) is 0 Å². The summed E-state index contributed by atoms with van der Waals surface area (Å²) in [6.07, 6.45) is 8.07. The number of nitrogens with zero attached hydrogens (tertiary/aromatic N) is 2. The van der Waals surface area contributed by atoms with Crippen LogP contribution >= 0.6 is 0 Å². The fourth-order valence-electron chi connectivity index (χ4n) is 3.15. The van der Waals surface area contributed by atoms with E-state index in [1.54, 1.807) is 0 Å². The molecule has 0 radical (unpaired) electrons. The molecular formula is C15H26N2O2. The van der Waals surface area contributed by atoms with Gasteiger partial charge in [0.15, 0.2) is 0 Å². The first-order valence-electron chi connectivity index (χ1n) is 7.76. The average molecular weight is 266 g/mol. The minimum Gasteiger partial charge on any atom is -0.343 e. The third-order valence-corrected chi connectivity index (χ3v) is 4.36. The lowest BCUT2D eigenvalue weighted by atomic mass is 10.1. The Morgan fingerprint density at radius 2 is 1.74 bits per heavy atom. The van der Waals surface area contributed by atoms with Crippen LogP contribution in [0.2, 0.25) is 0 Å². The molecule has 2 aliphatic rings. The zero-order valence-corrected chi connectivity index (χ0v) is 12.1. The highest BCUT2D eigenvalue weighted by atomic mass is 16.2. The molecule has 4 heteroatoms. The molecule has 2 saturated heterocycles. The van der Waals surface area contributed by atoms with Crippen LogP contribution in [0.15, 0.2) is 0 Å². The Balaban J connectivity index is 1.54. The highest BCUT2D eigenvalue weighted by Crippen LogP contribution is 2.18. The third kappa shape index (κ3) is 3.95. The summed E-state index contributed by atoms with van der Waals surface area (Å²) in [7, 11) is 0. The zero-order valence-electron chi connectivity index (χ0n) is 12.1. The summed E-state index contributed by atoms with van der Waals surface area (Å²) in [6, 6.07) is 0.392. The molecule has 0 aromatic carbocycles. The van der Waals surface area contributed by atoms with Crippen LogP contribution < -0.4 is 0 Å². The van der Waals surface area contributed by atoms with Crippen molar-refractivity contribution in [2.45, 2.75) is 64.3 Å². The predicted octanol–water partition coefficient (Wildman–Crippen LogP) is 2.18. The van der Waals surface area contributed by atoms with Gasteiger partial charge in [-0.1, -0.05) is 12.8 Å². The summed E-state index contributed by atoms with van der Waals surface area (Å²) in [6.45, 7) is 4.99. The van der Waals surface area contributed by atoms with Crippen molar-refractivity contribution in [1.82, 2.24) is 9.80 Å². The average Bonchev–Trinajstić information content (AvgIpc) is 2.98. The van der Waals surface area contributed by atoms with E-state index in [1.807, 2.05) is 9.80 Å². The summed E-state index contributed by atoms with van der Waals surface area (Å²) >= 11 is 0. The Morgan fingerprint density at radius 1 is 1.00 bits per heavy atom. The molecule has 19 heavy (non-hydrogen) atoms. The van der Waals surface area contributed by atoms with Gasteiger partial charge < -0.3 is 9.80 Å². The first-order valence-corrected chi connectivity index (χ1v) is 7.76. The molecule has 2 heterocycles. The normalized spacial score (nSPS) is 21.5. The van der Waals surface area contributed by atoms with Gasteiger partial charge in [0, 0.05) is 38.5 Å². The predicted molar refractivity (Wildman–Crippen MR) is 74.7 cm³/mol. The van der Waals surface area contributed by atoms with Crippen LogP contribution in [0.3, 0.4) is 0 Å². The molecule has 2 fully saturated rings. The highest BCUT2D eigenvalue weighted by Gasteiger charge is 2.24. The Bertz CT molecular complexity index is 330. The van der Waals surface area contributed by atoms with Crippen molar-refractivity contribution in [2.24, 2.45) is 0 Å². The van der Waals surface area contributed by atoms with Crippen molar-refractivity contribution < 1.29 is 9.59 Å². The number of carbonyl (C=O) groups excluding carboxylic acids is 2. The third-order valence-electron chi connectivity index (χ3n) is 4.36. The first kappa shape index (κ1) is 14.4. The maximum atomic E-state index is 11.6. The van der Waals surface area contributed by atoms with Crippen molar-refractivity contribution >= 4 is 11.8 Å². The van der Waals surface area contributed by atoms with Crippen LogP contribution in [0.5, 0.6) is 0 Å². The van der Waals surface area contributed by atoms with Crippen molar-refractivity contribution in [3.8, 4) is 0 Å². The van der Waals surface area contributed by atoms with Crippen molar-refractivity contribution in [3.63, 3.8) is 0 Å². The summed E-state index contributed by atoms with van der Waals surface area (Å²) in [5, 5.41) is 0. The van der Waals surface area contributed by atoms with Crippen molar-refractivity contribution in [1.29, 1.82) is 0 Å². The van der Waals surface area contributed by atoms with Crippen LogP contribution in [-0.2, 0) is 9.59 Å². The molecule has 4 nitrogen and oxygen atoms in total. The zero-order chi connectivity index (χ0) is 13.7. The largest absolute Gasteiger partial charge is 0.343 e. The Hall–Kier alpha value is -1.06. The number of likely N-dealkylation sites (tertiary alicyclic amines) is 2. The molecule has 2 amide bonds. The lowest BCUT2D eigenvalue weighted by Crippen LogP contribution is -2.33. The van der Waals surface area contributed by atoms with E-state index in [4.69, 9.17) is 0 Å². The molecule has 108 valence electrons.